The van der Waals surface area contributed by atoms with Gasteiger partial charge in [-0.05, 0) is 54.3 Å². The van der Waals surface area contributed by atoms with Crippen LogP contribution in [0.25, 0.3) is 0 Å². The van der Waals surface area contributed by atoms with Gasteiger partial charge in [0.1, 0.15) is 5.02 Å². The summed E-state index contributed by atoms with van der Waals surface area (Å²) in [5, 5.41) is 6.73. The third kappa shape index (κ3) is 8.48. The molecule has 19 heteroatoms. The molecule has 0 radical (unpaired) electrons. The van der Waals surface area contributed by atoms with E-state index in [0.29, 0.717) is 35.3 Å². The van der Waals surface area contributed by atoms with Gasteiger partial charge in [-0.25, -0.2) is 9.97 Å². The van der Waals surface area contributed by atoms with Crippen LogP contribution in [0.15, 0.2) is 66.2 Å². The van der Waals surface area contributed by atoms with E-state index in [1.54, 1.807) is 23.7 Å². The number of aryl methyl sites for hydroxylation is 3. The Labute approximate surface area is 255 Å². The van der Waals surface area contributed by atoms with Gasteiger partial charge in [0.2, 0.25) is 5.95 Å². The van der Waals surface area contributed by atoms with Crippen molar-refractivity contribution in [1.82, 2.24) is 19.5 Å². The summed E-state index contributed by atoms with van der Waals surface area (Å²) in [5.74, 6) is -5.96. The number of carbonyl (C=O) groups excluding carboxylic acids is 2. The first-order chi connectivity index (χ1) is 20.9. The molecule has 1 aliphatic heterocycles. The number of rotatable bonds is 4. The molecule has 45 heavy (non-hydrogen) atoms. The van der Waals surface area contributed by atoms with E-state index in [9.17, 15) is 44.3 Å². The van der Waals surface area contributed by atoms with Gasteiger partial charge >= 0.3 is 23.9 Å². The molecule has 2 aromatic heterocycles. The van der Waals surface area contributed by atoms with Crippen LogP contribution in [0.2, 0.25) is 5.02 Å². The lowest BCUT2D eigenvalue weighted by molar-refractivity contribution is -0.193. The van der Waals surface area contributed by atoms with E-state index >= 15 is 0 Å². The van der Waals surface area contributed by atoms with Gasteiger partial charge in [-0.15, -0.1) is 0 Å². The minimum atomic E-state index is -5.77. The van der Waals surface area contributed by atoms with Crippen LogP contribution in [0.1, 0.15) is 11.1 Å². The van der Waals surface area contributed by atoms with E-state index in [2.05, 4.69) is 30.3 Å². The molecule has 0 amide bonds. The zero-order valence-electron chi connectivity index (χ0n) is 22.7. The molecule has 1 aliphatic rings. The minimum absolute atomic E-state index is 0.0388. The first-order valence-corrected chi connectivity index (χ1v) is 14.3. The van der Waals surface area contributed by atoms with Gasteiger partial charge in [-0.1, -0.05) is 23.7 Å². The maximum absolute atomic E-state index is 12.9. The van der Waals surface area contributed by atoms with E-state index < -0.39 is 33.9 Å². The topological polar surface area (TPSA) is 148 Å². The highest BCUT2D eigenvalue weighted by atomic mass is 35.5. The Kier molecular flexibility index (Phi) is 9.38. The van der Waals surface area contributed by atoms with Crippen molar-refractivity contribution in [3.8, 4) is 0 Å². The number of imidazole rings is 1. The van der Waals surface area contributed by atoms with E-state index in [1.807, 2.05) is 30.3 Å². The van der Waals surface area contributed by atoms with Gasteiger partial charge in [-0.2, -0.15) is 39.7 Å². The second-order valence-corrected chi connectivity index (χ2v) is 11.4. The Bertz CT molecular complexity index is 1840. The average molecular weight is 676 g/mol. The Morgan fingerprint density at radius 2 is 1.60 bits per heavy atom. The molecule has 11 nitrogen and oxygen atoms in total. The SMILES string of the molecule is Cn1cnc(S(=O)(=O)Nc2ccc3cc2CCc2cccc(c2)Nc2ncc(Cl)c(n2)N3)c1.O=C(C(=O)C(F)(F)F)C(F)(F)F. The first kappa shape index (κ1) is 33.2. The van der Waals surface area contributed by atoms with Crippen molar-refractivity contribution in [2.45, 2.75) is 30.2 Å². The van der Waals surface area contributed by atoms with Gasteiger partial charge in [0.25, 0.3) is 10.0 Å². The monoisotopic (exact) mass is 675 g/mol. The average Bonchev–Trinajstić information content (AvgIpc) is 3.40. The predicted molar refractivity (Wildman–Crippen MR) is 150 cm³/mol. The third-order valence-corrected chi connectivity index (χ3v) is 7.43. The van der Waals surface area contributed by atoms with Crippen LogP contribution in [0.3, 0.4) is 0 Å². The summed E-state index contributed by atoms with van der Waals surface area (Å²) in [5.41, 5.74) is 3.98. The fourth-order valence-electron chi connectivity index (χ4n) is 3.82. The number of alkyl halides is 6. The number of carbonyl (C=O) groups is 2. The number of hydrogen-bond donors (Lipinski definition) is 3. The van der Waals surface area contributed by atoms with Crippen LogP contribution in [0, 0.1) is 0 Å². The maximum Gasteiger partial charge on any atom is 0.458 e. The lowest BCUT2D eigenvalue weighted by Gasteiger charge is -2.15. The minimum Gasteiger partial charge on any atom is -0.339 e. The largest absolute Gasteiger partial charge is 0.458 e. The summed E-state index contributed by atoms with van der Waals surface area (Å²) in [6.07, 6.45) is -5.80. The van der Waals surface area contributed by atoms with Crippen LogP contribution in [-0.2, 0) is 39.5 Å². The fraction of sp³-hybridized carbons (Fsp3) is 0.192. The van der Waals surface area contributed by atoms with Crippen LogP contribution >= 0.6 is 11.6 Å². The molecule has 0 fully saturated rings. The number of fused-ring (bicyclic) bond motifs is 6. The second kappa shape index (κ2) is 12.7. The maximum atomic E-state index is 12.9. The highest BCUT2D eigenvalue weighted by molar-refractivity contribution is 7.92. The van der Waals surface area contributed by atoms with Crippen molar-refractivity contribution in [3.63, 3.8) is 0 Å². The molecular formula is C26H20ClF6N7O4S. The molecule has 4 aromatic rings. The number of ketones is 2. The zero-order chi connectivity index (χ0) is 33.2. The molecule has 0 unspecified atom stereocenters. The number of aromatic nitrogens is 4. The molecular weight excluding hydrogens is 656 g/mol. The number of hydrogen-bond acceptors (Lipinski definition) is 9. The Hall–Kier alpha value is -4.71. The van der Waals surface area contributed by atoms with Crippen LogP contribution in [-0.4, -0.2) is 51.9 Å². The van der Waals surface area contributed by atoms with Gasteiger partial charge in [-0.3, -0.25) is 14.3 Å². The van der Waals surface area contributed by atoms with Gasteiger partial charge in [0.15, 0.2) is 10.8 Å². The quantitative estimate of drug-likeness (QED) is 0.188. The van der Waals surface area contributed by atoms with E-state index in [1.165, 1.54) is 18.7 Å². The molecule has 0 saturated heterocycles. The molecule has 5 rings (SSSR count). The summed E-state index contributed by atoms with van der Waals surface area (Å²) < 4.78 is 97.0. The molecule has 0 spiro atoms. The second-order valence-electron chi connectivity index (χ2n) is 9.35. The summed E-state index contributed by atoms with van der Waals surface area (Å²) in [4.78, 5) is 31.9. The normalized spacial score (nSPS) is 13.0. The zero-order valence-corrected chi connectivity index (χ0v) is 24.2. The van der Waals surface area contributed by atoms with Crippen molar-refractivity contribution in [1.29, 1.82) is 0 Å². The fourth-order valence-corrected chi connectivity index (χ4v) is 5.05. The highest BCUT2D eigenvalue weighted by Gasteiger charge is 2.54. The van der Waals surface area contributed by atoms with Gasteiger partial charge in [0, 0.05) is 24.6 Å². The van der Waals surface area contributed by atoms with Crippen molar-refractivity contribution >= 4 is 62.0 Å². The van der Waals surface area contributed by atoms with Crippen LogP contribution in [0.5, 0.6) is 0 Å². The number of nitrogens with one attached hydrogen (secondary N) is 3. The Balaban J connectivity index is 0.000000328. The molecule has 3 N–H and O–H groups in total. The van der Waals surface area contributed by atoms with Crippen LogP contribution in [0.4, 0.5) is 55.2 Å². The van der Waals surface area contributed by atoms with Crippen molar-refractivity contribution < 1.29 is 44.3 Å². The number of nitrogens with zero attached hydrogens (tertiary/aromatic N) is 4. The van der Waals surface area contributed by atoms with E-state index in [0.717, 1.165) is 22.5 Å². The lowest BCUT2D eigenvalue weighted by atomic mass is 10.0. The molecule has 0 atom stereocenters. The molecule has 238 valence electrons. The van der Waals surface area contributed by atoms with Gasteiger partial charge in [0.05, 0.1) is 18.2 Å². The molecule has 0 saturated carbocycles. The van der Waals surface area contributed by atoms with E-state index in [-0.39, 0.29) is 5.03 Å². The number of Topliss-reactive ketones (excluding diaryl/α,β-unsaturated/α-hetero) is 2. The van der Waals surface area contributed by atoms with E-state index in [4.69, 9.17) is 11.6 Å². The highest BCUT2D eigenvalue weighted by Crippen LogP contribution is 2.30. The molecule has 6 bridgehead atoms. The third-order valence-electron chi connectivity index (χ3n) is 5.90. The standard InChI is InChI=1S/C22H20ClN7O2S.C4F6O2/c1-30-12-20(25-13-30)33(31,32)29-19-8-7-17-10-15(19)6-5-14-3-2-4-16(9-14)27-22-24-11-18(23)21(26-17)28-22;5-3(6,7)1(11)2(12)4(8,9)10/h2-4,7-13,29H,5-6H2,1H3,(H2,24,26,27,28);. The van der Waals surface area contributed by atoms with Crippen LogP contribution < -0.4 is 15.4 Å². The predicted octanol–water partition coefficient (Wildman–Crippen LogP) is 5.50. The summed E-state index contributed by atoms with van der Waals surface area (Å²) in [7, 11) is -2.11. The summed E-state index contributed by atoms with van der Waals surface area (Å²) >= 11 is 6.31. The number of sulfonamides is 1. The van der Waals surface area contributed by atoms with Crippen molar-refractivity contribution in [3.05, 3.63) is 77.3 Å². The summed E-state index contributed by atoms with van der Waals surface area (Å²) in [6.45, 7) is 0. The number of benzene rings is 2. The lowest BCUT2D eigenvalue weighted by Crippen LogP contribution is -2.39. The Morgan fingerprint density at radius 1 is 0.933 bits per heavy atom. The van der Waals surface area contributed by atoms with Crippen molar-refractivity contribution in [2.75, 3.05) is 15.4 Å². The smallest absolute Gasteiger partial charge is 0.339 e. The van der Waals surface area contributed by atoms with Gasteiger partial charge < -0.3 is 15.2 Å². The molecule has 2 aromatic carbocycles. The molecule has 0 aliphatic carbocycles. The number of anilines is 5. The Morgan fingerprint density at radius 3 is 2.22 bits per heavy atom. The first-order valence-electron chi connectivity index (χ1n) is 12.4. The summed E-state index contributed by atoms with van der Waals surface area (Å²) in [6, 6.07) is 13.3. The molecule has 3 heterocycles. The van der Waals surface area contributed by atoms with Crippen molar-refractivity contribution in [2.24, 2.45) is 7.05 Å². The number of halogens is 7.